The molecule has 0 aliphatic rings. The van der Waals surface area contributed by atoms with Crippen LogP contribution in [0.25, 0.3) is 10.8 Å². The molecular weight excluding hydrogens is 424 g/mol. The number of carbonyl (C=O) groups is 1. The summed E-state index contributed by atoms with van der Waals surface area (Å²) in [5.41, 5.74) is 4.49. The Kier molecular flexibility index (Phi) is 6.00. The predicted molar refractivity (Wildman–Crippen MR) is 124 cm³/mol. The fourth-order valence-electron chi connectivity index (χ4n) is 3.09. The second-order valence-corrected chi connectivity index (χ2v) is 8.73. The average molecular weight is 445 g/mol. The Morgan fingerprint density at radius 3 is 2.41 bits per heavy atom. The molecule has 32 heavy (non-hydrogen) atoms. The lowest BCUT2D eigenvalue weighted by molar-refractivity contribution is 0.0955. The monoisotopic (exact) mass is 444 g/mol. The predicted octanol–water partition coefficient (Wildman–Crippen LogP) is 4.68. The van der Waals surface area contributed by atoms with E-state index >= 15 is 0 Å². The van der Waals surface area contributed by atoms with Crippen LogP contribution in [-0.4, -0.2) is 20.5 Å². The highest BCUT2D eigenvalue weighted by Crippen LogP contribution is 2.20. The number of carbonyl (C=O) groups excluding carboxylic acids is 1. The van der Waals surface area contributed by atoms with E-state index in [1.165, 1.54) is 30.5 Å². The van der Waals surface area contributed by atoms with Crippen LogP contribution in [-0.2, 0) is 10.1 Å². The van der Waals surface area contributed by atoms with Gasteiger partial charge in [0.15, 0.2) is 0 Å². The fourth-order valence-corrected chi connectivity index (χ4v) is 4.01. The molecule has 0 radical (unpaired) electrons. The maximum atomic E-state index is 12.5. The molecule has 0 heterocycles. The first kappa shape index (κ1) is 21.3. The summed E-state index contributed by atoms with van der Waals surface area (Å²) >= 11 is 0. The first-order valence-electron chi connectivity index (χ1n) is 9.84. The van der Waals surface area contributed by atoms with Crippen molar-refractivity contribution >= 4 is 33.0 Å². The van der Waals surface area contributed by atoms with Gasteiger partial charge in [0.1, 0.15) is 10.6 Å². The Hall–Kier alpha value is -3.97. The largest absolute Gasteiger partial charge is 0.379 e. The number of hydrogen-bond acceptors (Lipinski definition) is 5. The molecule has 4 rings (SSSR count). The zero-order valence-corrected chi connectivity index (χ0v) is 18.0. The van der Waals surface area contributed by atoms with Crippen LogP contribution in [0.2, 0.25) is 0 Å². The summed E-state index contributed by atoms with van der Waals surface area (Å²) in [6.45, 7) is 1.87. The van der Waals surface area contributed by atoms with Crippen molar-refractivity contribution in [2.45, 2.75) is 11.8 Å². The molecule has 1 amide bonds. The van der Waals surface area contributed by atoms with Crippen LogP contribution in [0, 0.1) is 6.92 Å². The van der Waals surface area contributed by atoms with Crippen molar-refractivity contribution in [2.24, 2.45) is 5.10 Å². The van der Waals surface area contributed by atoms with Gasteiger partial charge in [0, 0.05) is 5.56 Å². The first-order valence-corrected chi connectivity index (χ1v) is 11.2. The smallest absolute Gasteiger partial charge is 0.339 e. The van der Waals surface area contributed by atoms with Crippen molar-refractivity contribution in [3.05, 3.63) is 108 Å². The van der Waals surface area contributed by atoms with Crippen molar-refractivity contribution in [2.75, 3.05) is 0 Å². The normalized spacial score (nSPS) is 11.5. The van der Waals surface area contributed by atoms with Gasteiger partial charge < -0.3 is 4.18 Å². The molecule has 0 saturated heterocycles. The summed E-state index contributed by atoms with van der Waals surface area (Å²) in [6, 6.07) is 26.0. The Balaban J connectivity index is 1.44. The highest BCUT2D eigenvalue weighted by Gasteiger charge is 2.16. The molecule has 0 aliphatic heterocycles. The molecule has 0 bridgehead atoms. The topological polar surface area (TPSA) is 84.8 Å². The zero-order chi connectivity index (χ0) is 22.6. The van der Waals surface area contributed by atoms with Crippen molar-refractivity contribution in [3.63, 3.8) is 0 Å². The number of rotatable bonds is 6. The highest BCUT2D eigenvalue weighted by molar-refractivity contribution is 7.87. The van der Waals surface area contributed by atoms with E-state index in [9.17, 15) is 13.2 Å². The molecular formula is C25H20N2O4S. The van der Waals surface area contributed by atoms with E-state index in [0.29, 0.717) is 11.1 Å². The molecule has 160 valence electrons. The van der Waals surface area contributed by atoms with E-state index in [0.717, 1.165) is 16.3 Å². The molecule has 1 N–H and O–H groups in total. The first-order chi connectivity index (χ1) is 15.4. The highest BCUT2D eigenvalue weighted by atomic mass is 32.2. The molecule has 6 nitrogen and oxygen atoms in total. The van der Waals surface area contributed by atoms with E-state index in [1.807, 2.05) is 37.3 Å². The van der Waals surface area contributed by atoms with E-state index in [1.54, 1.807) is 36.4 Å². The van der Waals surface area contributed by atoms with Crippen LogP contribution in [0.3, 0.4) is 0 Å². The Labute approximate surface area is 186 Å². The standard InChI is InChI=1S/C25H20N2O4S/c1-18-9-13-24(14-10-18)32(29,30)31-23-8-4-5-19(15-23)17-26-27-25(28)22-12-11-20-6-2-3-7-21(20)16-22/h2-17H,1H3,(H,27,28)/b26-17-. The minimum atomic E-state index is -3.95. The molecule has 0 saturated carbocycles. The van der Waals surface area contributed by atoms with Gasteiger partial charge in [0.25, 0.3) is 5.91 Å². The van der Waals surface area contributed by atoms with Gasteiger partial charge in [0.2, 0.25) is 0 Å². The van der Waals surface area contributed by atoms with Gasteiger partial charge in [0.05, 0.1) is 6.21 Å². The summed E-state index contributed by atoms with van der Waals surface area (Å²) < 4.78 is 30.2. The Morgan fingerprint density at radius 1 is 0.875 bits per heavy atom. The number of hydrazone groups is 1. The second kappa shape index (κ2) is 9.03. The lowest BCUT2D eigenvalue weighted by Crippen LogP contribution is -2.17. The molecule has 4 aromatic rings. The van der Waals surface area contributed by atoms with Crippen molar-refractivity contribution in [3.8, 4) is 5.75 Å². The summed E-state index contributed by atoms with van der Waals surface area (Å²) in [6.07, 6.45) is 1.42. The number of nitrogens with zero attached hydrogens (tertiary/aromatic N) is 1. The fraction of sp³-hybridized carbons (Fsp3) is 0.0400. The molecule has 7 heteroatoms. The van der Waals surface area contributed by atoms with E-state index in [-0.39, 0.29) is 16.6 Å². The number of amides is 1. The number of aryl methyl sites for hydroxylation is 1. The summed E-state index contributed by atoms with van der Waals surface area (Å²) in [4.78, 5) is 12.5. The minimum Gasteiger partial charge on any atom is -0.379 e. The maximum absolute atomic E-state index is 12.5. The lowest BCUT2D eigenvalue weighted by Gasteiger charge is -2.08. The second-order valence-electron chi connectivity index (χ2n) is 7.18. The molecule has 0 fully saturated rings. The van der Waals surface area contributed by atoms with Crippen molar-refractivity contribution in [1.29, 1.82) is 0 Å². The third-order valence-electron chi connectivity index (χ3n) is 4.77. The van der Waals surface area contributed by atoms with Gasteiger partial charge in [-0.3, -0.25) is 4.79 Å². The molecule has 0 spiro atoms. The van der Waals surface area contributed by atoms with Crippen LogP contribution in [0.15, 0.2) is 101 Å². The number of fused-ring (bicyclic) bond motifs is 1. The molecule has 0 aliphatic carbocycles. The summed E-state index contributed by atoms with van der Waals surface area (Å²) in [7, 11) is -3.95. The van der Waals surface area contributed by atoms with Crippen LogP contribution in [0.4, 0.5) is 0 Å². The van der Waals surface area contributed by atoms with Crippen LogP contribution in [0.1, 0.15) is 21.5 Å². The van der Waals surface area contributed by atoms with E-state index in [4.69, 9.17) is 4.18 Å². The zero-order valence-electron chi connectivity index (χ0n) is 17.2. The van der Waals surface area contributed by atoms with Crippen molar-refractivity contribution in [1.82, 2.24) is 5.43 Å². The third kappa shape index (κ3) is 5.01. The number of benzene rings is 4. The molecule has 0 unspecified atom stereocenters. The van der Waals surface area contributed by atoms with Crippen LogP contribution < -0.4 is 9.61 Å². The van der Waals surface area contributed by atoms with E-state index in [2.05, 4.69) is 10.5 Å². The molecule has 0 aromatic heterocycles. The third-order valence-corrected chi connectivity index (χ3v) is 6.03. The summed E-state index contributed by atoms with van der Waals surface area (Å²) in [5.74, 6) is -0.197. The van der Waals surface area contributed by atoms with Gasteiger partial charge in [-0.25, -0.2) is 5.43 Å². The number of hydrogen-bond donors (Lipinski definition) is 1. The maximum Gasteiger partial charge on any atom is 0.339 e. The van der Waals surface area contributed by atoms with Crippen LogP contribution in [0.5, 0.6) is 5.75 Å². The lowest BCUT2D eigenvalue weighted by atomic mass is 10.1. The van der Waals surface area contributed by atoms with Gasteiger partial charge in [-0.2, -0.15) is 13.5 Å². The van der Waals surface area contributed by atoms with E-state index < -0.39 is 10.1 Å². The van der Waals surface area contributed by atoms with Gasteiger partial charge >= 0.3 is 10.1 Å². The van der Waals surface area contributed by atoms with Gasteiger partial charge in [-0.1, -0.05) is 60.2 Å². The van der Waals surface area contributed by atoms with Crippen LogP contribution >= 0.6 is 0 Å². The molecule has 4 aromatic carbocycles. The Bertz CT molecular complexity index is 1410. The van der Waals surface area contributed by atoms with Crippen molar-refractivity contribution < 1.29 is 17.4 Å². The Morgan fingerprint density at radius 2 is 1.62 bits per heavy atom. The minimum absolute atomic E-state index is 0.0739. The SMILES string of the molecule is Cc1ccc(S(=O)(=O)Oc2cccc(/C=N\NC(=O)c3ccc4ccccc4c3)c2)cc1. The van der Waals surface area contributed by atoms with Gasteiger partial charge in [-0.05, 0) is 59.7 Å². The van der Waals surface area contributed by atoms with Gasteiger partial charge in [-0.15, -0.1) is 0 Å². The average Bonchev–Trinajstić information content (AvgIpc) is 2.79. The quantitative estimate of drug-likeness (QED) is 0.266. The summed E-state index contributed by atoms with van der Waals surface area (Å²) in [5, 5.41) is 5.98. The molecule has 0 atom stereocenters. The number of nitrogens with one attached hydrogen (secondary N) is 1.